The van der Waals surface area contributed by atoms with Gasteiger partial charge in [-0.15, -0.1) is 0 Å². The smallest absolute Gasteiger partial charge is 0.0793 e. The zero-order valence-electron chi connectivity index (χ0n) is 16.6. The standard InChI is InChI=1S/C20H40N4O2/c25-19(15-21-7-3-1-4-8-21)17-23-11-13-24(14-12-23)18-20(26)16-22-9-5-2-6-10-22/h19-20,25-26H,1-18H2. The fourth-order valence-corrected chi connectivity index (χ4v) is 4.75. The fraction of sp³-hybridized carbons (Fsp3) is 1.00. The van der Waals surface area contributed by atoms with Crippen molar-refractivity contribution in [3.05, 3.63) is 0 Å². The van der Waals surface area contributed by atoms with E-state index < -0.39 is 0 Å². The van der Waals surface area contributed by atoms with E-state index in [9.17, 15) is 10.2 Å². The highest BCUT2D eigenvalue weighted by Crippen LogP contribution is 2.12. The third-order valence-electron chi connectivity index (χ3n) is 6.24. The molecule has 152 valence electrons. The summed E-state index contributed by atoms with van der Waals surface area (Å²) >= 11 is 0. The maximum atomic E-state index is 10.4. The Labute approximate surface area is 159 Å². The second-order valence-electron chi connectivity index (χ2n) is 8.63. The van der Waals surface area contributed by atoms with E-state index in [1.165, 1.54) is 38.5 Å². The molecule has 2 atom stereocenters. The topological polar surface area (TPSA) is 53.4 Å². The van der Waals surface area contributed by atoms with Crippen LogP contribution in [-0.2, 0) is 0 Å². The van der Waals surface area contributed by atoms with Gasteiger partial charge >= 0.3 is 0 Å². The monoisotopic (exact) mass is 368 g/mol. The highest BCUT2D eigenvalue weighted by atomic mass is 16.3. The first-order valence-electron chi connectivity index (χ1n) is 10.9. The molecule has 0 saturated carbocycles. The van der Waals surface area contributed by atoms with Gasteiger partial charge in [0.2, 0.25) is 0 Å². The normalized spacial score (nSPS) is 27.5. The molecule has 0 aromatic rings. The average Bonchev–Trinajstić information content (AvgIpc) is 2.65. The molecule has 3 aliphatic rings. The van der Waals surface area contributed by atoms with Gasteiger partial charge in [0.25, 0.3) is 0 Å². The van der Waals surface area contributed by atoms with Gasteiger partial charge in [0, 0.05) is 52.4 Å². The van der Waals surface area contributed by atoms with Crippen molar-refractivity contribution in [2.24, 2.45) is 0 Å². The van der Waals surface area contributed by atoms with Gasteiger partial charge in [0.15, 0.2) is 0 Å². The van der Waals surface area contributed by atoms with E-state index in [0.717, 1.165) is 78.5 Å². The third kappa shape index (κ3) is 7.06. The van der Waals surface area contributed by atoms with Crippen molar-refractivity contribution in [1.29, 1.82) is 0 Å². The lowest BCUT2D eigenvalue weighted by Crippen LogP contribution is -2.52. The van der Waals surface area contributed by atoms with Crippen LogP contribution in [0, 0.1) is 0 Å². The van der Waals surface area contributed by atoms with Gasteiger partial charge in [-0.3, -0.25) is 9.80 Å². The lowest BCUT2D eigenvalue weighted by Gasteiger charge is -2.38. The van der Waals surface area contributed by atoms with Crippen molar-refractivity contribution >= 4 is 0 Å². The van der Waals surface area contributed by atoms with Crippen LogP contribution in [0.5, 0.6) is 0 Å². The molecule has 3 fully saturated rings. The SMILES string of the molecule is OC(CN1CCCCC1)CN1CCN(CC(O)CN2CCCCC2)CC1. The Hall–Kier alpha value is -0.240. The van der Waals surface area contributed by atoms with Gasteiger partial charge < -0.3 is 20.0 Å². The van der Waals surface area contributed by atoms with Crippen molar-refractivity contribution in [3.63, 3.8) is 0 Å². The molecule has 3 aliphatic heterocycles. The molecule has 6 nitrogen and oxygen atoms in total. The number of rotatable bonds is 8. The molecule has 0 aliphatic carbocycles. The van der Waals surface area contributed by atoms with Crippen LogP contribution >= 0.6 is 0 Å². The molecule has 6 heteroatoms. The second kappa shape index (κ2) is 10.9. The molecule has 2 N–H and O–H groups in total. The molecule has 0 aromatic heterocycles. The Morgan fingerprint density at radius 3 is 1.00 bits per heavy atom. The van der Waals surface area contributed by atoms with E-state index in [4.69, 9.17) is 0 Å². The summed E-state index contributed by atoms with van der Waals surface area (Å²) in [5.41, 5.74) is 0. The average molecular weight is 369 g/mol. The first-order valence-corrected chi connectivity index (χ1v) is 10.9. The molecule has 0 spiro atoms. The largest absolute Gasteiger partial charge is 0.390 e. The molecule has 3 heterocycles. The van der Waals surface area contributed by atoms with Gasteiger partial charge in [-0.05, 0) is 51.9 Å². The van der Waals surface area contributed by atoms with E-state index >= 15 is 0 Å². The molecular formula is C20H40N4O2. The minimum Gasteiger partial charge on any atom is -0.390 e. The van der Waals surface area contributed by atoms with Crippen LogP contribution in [0.1, 0.15) is 38.5 Å². The number of nitrogens with zero attached hydrogens (tertiary/aromatic N) is 4. The molecule has 26 heavy (non-hydrogen) atoms. The third-order valence-corrected chi connectivity index (χ3v) is 6.24. The molecule has 3 rings (SSSR count). The van der Waals surface area contributed by atoms with Gasteiger partial charge in [-0.25, -0.2) is 0 Å². The summed E-state index contributed by atoms with van der Waals surface area (Å²) < 4.78 is 0. The van der Waals surface area contributed by atoms with Gasteiger partial charge in [0.1, 0.15) is 0 Å². The molecule has 2 unspecified atom stereocenters. The summed E-state index contributed by atoms with van der Waals surface area (Å²) in [5, 5.41) is 20.8. The number of hydrogen-bond acceptors (Lipinski definition) is 6. The van der Waals surface area contributed by atoms with Crippen LogP contribution in [-0.4, -0.2) is 121 Å². The second-order valence-corrected chi connectivity index (χ2v) is 8.63. The first kappa shape index (κ1) is 20.5. The summed E-state index contributed by atoms with van der Waals surface area (Å²) in [6.45, 7) is 11.9. The summed E-state index contributed by atoms with van der Waals surface area (Å²) in [4.78, 5) is 9.62. The number of aliphatic hydroxyl groups excluding tert-OH is 2. The van der Waals surface area contributed by atoms with Crippen molar-refractivity contribution < 1.29 is 10.2 Å². The fourth-order valence-electron chi connectivity index (χ4n) is 4.75. The van der Waals surface area contributed by atoms with E-state index in [-0.39, 0.29) is 12.2 Å². The number of piperazine rings is 1. The summed E-state index contributed by atoms with van der Waals surface area (Å²) in [6, 6.07) is 0. The molecule has 0 radical (unpaired) electrons. The Morgan fingerprint density at radius 2 is 0.692 bits per heavy atom. The van der Waals surface area contributed by atoms with Gasteiger partial charge in [0.05, 0.1) is 12.2 Å². The van der Waals surface area contributed by atoms with E-state index in [1.54, 1.807) is 0 Å². The predicted molar refractivity (Wildman–Crippen MR) is 105 cm³/mol. The first-order chi connectivity index (χ1) is 12.7. The lowest BCUT2D eigenvalue weighted by molar-refractivity contribution is 0.0251. The Kier molecular flexibility index (Phi) is 8.62. The molecule has 0 amide bonds. The van der Waals surface area contributed by atoms with Crippen LogP contribution in [0.3, 0.4) is 0 Å². The quantitative estimate of drug-likeness (QED) is 0.643. The maximum absolute atomic E-state index is 10.4. The zero-order chi connectivity index (χ0) is 18.2. The summed E-state index contributed by atoms with van der Waals surface area (Å²) in [7, 11) is 0. The van der Waals surface area contributed by atoms with Gasteiger partial charge in [-0.1, -0.05) is 12.8 Å². The van der Waals surface area contributed by atoms with Gasteiger partial charge in [-0.2, -0.15) is 0 Å². The van der Waals surface area contributed by atoms with E-state index in [0.29, 0.717) is 0 Å². The number of hydrogen-bond donors (Lipinski definition) is 2. The minimum atomic E-state index is -0.232. The number of aliphatic hydroxyl groups is 2. The van der Waals surface area contributed by atoms with E-state index in [1.807, 2.05) is 0 Å². The highest BCUT2D eigenvalue weighted by Gasteiger charge is 2.23. The van der Waals surface area contributed by atoms with Crippen molar-refractivity contribution in [2.75, 3.05) is 78.5 Å². The molecule has 0 bridgehead atoms. The molecular weight excluding hydrogens is 328 g/mol. The lowest BCUT2D eigenvalue weighted by atomic mass is 10.1. The Morgan fingerprint density at radius 1 is 0.423 bits per heavy atom. The molecule has 0 aromatic carbocycles. The Bertz CT molecular complexity index is 342. The van der Waals surface area contributed by atoms with Crippen LogP contribution in [0.4, 0.5) is 0 Å². The van der Waals surface area contributed by atoms with Crippen LogP contribution in [0.2, 0.25) is 0 Å². The number of piperidine rings is 2. The zero-order valence-corrected chi connectivity index (χ0v) is 16.6. The predicted octanol–water partition coefficient (Wildman–Crippen LogP) is 0.298. The van der Waals surface area contributed by atoms with Crippen molar-refractivity contribution in [3.8, 4) is 0 Å². The maximum Gasteiger partial charge on any atom is 0.0793 e. The summed E-state index contributed by atoms with van der Waals surface area (Å²) in [5.74, 6) is 0. The van der Waals surface area contributed by atoms with Crippen molar-refractivity contribution in [1.82, 2.24) is 19.6 Å². The Balaban J connectivity index is 1.28. The summed E-state index contributed by atoms with van der Waals surface area (Å²) in [6.07, 6.45) is 7.36. The highest BCUT2D eigenvalue weighted by molar-refractivity contribution is 4.79. The minimum absolute atomic E-state index is 0.232. The molecule has 3 saturated heterocycles. The van der Waals surface area contributed by atoms with Crippen LogP contribution < -0.4 is 0 Å². The van der Waals surface area contributed by atoms with Crippen LogP contribution in [0.25, 0.3) is 0 Å². The number of likely N-dealkylation sites (tertiary alicyclic amines) is 2. The van der Waals surface area contributed by atoms with Crippen molar-refractivity contribution in [2.45, 2.75) is 50.7 Å². The number of β-amino-alcohol motifs (C(OH)–C–C–N with tert-alkyl or cyclic N) is 2. The van der Waals surface area contributed by atoms with E-state index in [2.05, 4.69) is 19.6 Å². The van der Waals surface area contributed by atoms with Crippen LogP contribution in [0.15, 0.2) is 0 Å².